The zero-order chi connectivity index (χ0) is 32.1. The third kappa shape index (κ3) is 24.8. The summed E-state index contributed by atoms with van der Waals surface area (Å²) in [6.45, 7) is 9.49. The summed E-state index contributed by atoms with van der Waals surface area (Å²) in [6, 6.07) is 3.15. The van der Waals surface area contributed by atoms with Crippen LogP contribution in [0, 0.1) is 0 Å². The van der Waals surface area contributed by atoms with E-state index in [1.807, 2.05) is 13.8 Å². The maximum Gasteiger partial charge on any atom is 0.284 e. The van der Waals surface area contributed by atoms with Gasteiger partial charge in [-0.05, 0) is 93.7 Å². The van der Waals surface area contributed by atoms with Crippen molar-refractivity contribution in [3.63, 3.8) is 0 Å². The first-order valence-corrected chi connectivity index (χ1v) is 16.6. The Hall–Kier alpha value is -2.27. The van der Waals surface area contributed by atoms with E-state index < -0.39 is 0 Å². The average Bonchev–Trinajstić information content (AvgIpc) is 3.01. The highest BCUT2D eigenvalue weighted by Gasteiger charge is 2.17. The molecule has 0 heterocycles. The van der Waals surface area contributed by atoms with Gasteiger partial charge in [-0.25, -0.2) is 15.0 Å². The van der Waals surface area contributed by atoms with E-state index in [2.05, 4.69) is 63.9 Å². The molecule has 2 rings (SSSR count). The van der Waals surface area contributed by atoms with Crippen LogP contribution in [0.2, 0.25) is 0 Å². The van der Waals surface area contributed by atoms with E-state index in [-0.39, 0.29) is 0 Å². The van der Waals surface area contributed by atoms with Gasteiger partial charge in [-0.15, -0.1) is 0 Å². The van der Waals surface area contributed by atoms with Crippen molar-refractivity contribution in [1.29, 1.82) is 0 Å². The average molecular weight is 613 g/mol. The molecule has 43 heavy (non-hydrogen) atoms. The number of methoxy groups -OCH3 is 3. The van der Waals surface area contributed by atoms with Crippen LogP contribution in [0.1, 0.15) is 90.9 Å². The van der Waals surface area contributed by atoms with Gasteiger partial charge in [-0.2, -0.15) is 0 Å². The van der Waals surface area contributed by atoms with Crippen LogP contribution in [-0.4, -0.2) is 129 Å². The van der Waals surface area contributed by atoms with Crippen molar-refractivity contribution >= 4 is 18.1 Å². The third-order valence-electron chi connectivity index (χ3n) is 7.08. The highest BCUT2D eigenvalue weighted by atomic mass is 16.5. The summed E-state index contributed by atoms with van der Waals surface area (Å²) >= 11 is 0. The monoisotopic (exact) mass is 613 g/mol. The van der Waals surface area contributed by atoms with E-state index in [9.17, 15) is 0 Å². The Labute approximate surface area is 264 Å². The van der Waals surface area contributed by atoms with Gasteiger partial charge >= 0.3 is 0 Å². The van der Waals surface area contributed by atoms with Crippen molar-refractivity contribution in [2.45, 2.75) is 103 Å². The topological polar surface area (TPSA) is 107 Å². The van der Waals surface area contributed by atoms with Gasteiger partial charge < -0.3 is 40.0 Å². The van der Waals surface area contributed by atoms with Gasteiger partial charge in [0.1, 0.15) is 0 Å². The lowest BCUT2D eigenvalue weighted by Crippen LogP contribution is -2.38. The second-order valence-electron chi connectivity index (χ2n) is 11.6. The van der Waals surface area contributed by atoms with Crippen LogP contribution >= 0.6 is 0 Å². The van der Waals surface area contributed by atoms with Crippen molar-refractivity contribution < 1.29 is 14.2 Å². The number of hydrogen-bond donors (Lipinski definition) is 3. The Morgan fingerprint density at radius 2 is 1.05 bits per heavy atom. The molecule has 2 fully saturated rings. The van der Waals surface area contributed by atoms with Gasteiger partial charge in [0, 0.05) is 32.2 Å². The van der Waals surface area contributed by atoms with Crippen LogP contribution in [-0.2, 0) is 14.2 Å². The SMILES string of the molecule is CCNC(=NCCCN(C)C)OC.CCNC(=NCCCN(C)C)OC.COC(=NC1CCCCC1)NC1CCCCC1. The number of aliphatic imine (C=N–C) groups is 3. The van der Waals surface area contributed by atoms with Crippen molar-refractivity contribution in [2.75, 3.05) is 88.8 Å². The Balaban J connectivity index is 0.000000627. The highest BCUT2D eigenvalue weighted by Crippen LogP contribution is 2.21. The van der Waals surface area contributed by atoms with Crippen LogP contribution in [0.4, 0.5) is 0 Å². The first-order chi connectivity index (χ1) is 20.8. The minimum atomic E-state index is 0.495. The van der Waals surface area contributed by atoms with E-state index in [0.29, 0.717) is 24.1 Å². The molecule has 254 valence electrons. The molecule has 0 bridgehead atoms. The maximum atomic E-state index is 5.39. The molecule has 0 radical (unpaired) electrons. The fourth-order valence-electron chi connectivity index (χ4n) is 4.77. The van der Waals surface area contributed by atoms with E-state index in [1.165, 1.54) is 64.2 Å². The summed E-state index contributed by atoms with van der Waals surface area (Å²) in [5, 5.41) is 9.55. The highest BCUT2D eigenvalue weighted by molar-refractivity contribution is 5.74. The molecule has 0 aliphatic heterocycles. The van der Waals surface area contributed by atoms with Crippen LogP contribution in [0.15, 0.2) is 15.0 Å². The number of nitrogens with one attached hydrogen (secondary N) is 3. The van der Waals surface area contributed by atoms with Gasteiger partial charge in [-0.3, -0.25) is 0 Å². The molecular formula is C32H68N8O3. The first-order valence-electron chi connectivity index (χ1n) is 16.6. The van der Waals surface area contributed by atoms with Crippen molar-refractivity contribution in [3.8, 4) is 0 Å². The molecule has 11 nitrogen and oxygen atoms in total. The molecule has 0 aromatic heterocycles. The molecule has 0 aromatic rings. The summed E-state index contributed by atoms with van der Waals surface area (Å²) in [5.74, 6) is 0. The third-order valence-corrected chi connectivity index (χ3v) is 7.08. The fraction of sp³-hybridized carbons (Fsp3) is 0.906. The second-order valence-corrected chi connectivity index (χ2v) is 11.6. The summed E-state index contributed by atoms with van der Waals surface area (Å²) in [5.41, 5.74) is 0. The van der Waals surface area contributed by atoms with Gasteiger partial charge in [0.05, 0.1) is 27.4 Å². The van der Waals surface area contributed by atoms with E-state index >= 15 is 0 Å². The van der Waals surface area contributed by atoms with Crippen molar-refractivity contribution in [3.05, 3.63) is 0 Å². The van der Waals surface area contributed by atoms with Gasteiger partial charge in [0.25, 0.3) is 18.1 Å². The first kappa shape index (κ1) is 40.7. The summed E-state index contributed by atoms with van der Waals surface area (Å²) < 4.78 is 15.4. The lowest BCUT2D eigenvalue weighted by Gasteiger charge is -2.25. The van der Waals surface area contributed by atoms with Crippen LogP contribution in [0.3, 0.4) is 0 Å². The Bertz CT molecular complexity index is 685. The molecule has 0 amide bonds. The largest absolute Gasteiger partial charge is 0.469 e. The maximum absolute atomic E-state index is 5.39. The zero-order valence-corrected chi connectivity index (χ0v) is 29.3. The van der Waals surface area contributed by atoms with E-state index in [0.717, 1.165) is 58.1 Å². The minimum absolute atomic E-state index is 0.495. The Morgan fingerprint density at radius 1 is 0.628 bits per heavy atom. The van der Waals surface area contributed by atoms with E-state index in [1.54, 1.807) is 21.3 Å². The number of rotatable bonds is 12. The molecule has 11 heteroatoms. The molecule has 0 saturated heterocycles. The lowest BCUT2D eigenvalue weighted by atomic mass is 9.95. The van der Waals surface area contributed by atoms with Gasteiger partial charge in [0.2, 0.25) is 0 Å². The van der Waals surface area contributed by atoms with Gasteiger partial charge in [0.15, 0.2) is 0 Å². The minimum Gasteiger partial charge on any atom is -0.469 e. The molecule has 0 spiro atoms. The standard InChI is InChI=1S/C14H26N2O.2C9H21N3O/c1-17-14(15-12-8-4-2-5-9-12)16-13-10-6-3-7-11-13;2*1-5-10-9(13-4)11-7-6-8-12(2)3/h12-13H,2-11H2,1H3,(H,15,16);2*5-8H2,1-4H3,(H,10,11). The number of nitrogens with zero attached hydrogens (tertiary/aromatic N) is 5. The second kappa shape index (κ2) is 28.5. The lowest BCUT2D eigenvalue weighted by molar-refractivity contribution is 0.331. The van der Waals surface area contributed by atoms with E-state index in [4.69, 9.17) is 19.2 Å². The normalized spacial score (nSPS) is 17.0. The predicted molar refractivity (Wildman–Crippen MR) is 184 cm³/mol. The Kier molecular flexibility index (Phi) is 27.0. The quantitative estimate of drug-likeness (QED) is 0.170. The zero-order valence-electron chi connectivity index (χ0n) is 29.3. The summed E-state index contributed by atoms with van der Waals surface area (Å²) in [6.07, 6.45) is 15.2. The van der Waals surface area contributed by atoms with Crippen LogP contribution in [0.25, 0.3) is 0 Å². The predicted octanol–water partition coefficient (Wildman–Crippen LogP) is 4.34. The Morgan fingerprint density at radius 3 is 1.42 bits per heavy atom. The summed E-state index contributed by atoms with van der Waals surface area (Å²) in [7, 11) is 13.2. The van der Waals surface area contributed by atoms with Crippen LogP contribution < -0.4 is 16.0 Å². The smallest absolute Gasteiger partial charge is 0.284 e. The molecule has 0 unspecified atom stereocenters. The number of amidine groups is 3. The van der Waals surface area contributed by atoms with Crippen LogP contribution in [0.5, 0.6) is 0 Å². The van der Waals surface area contributed by atoms with Gasteiger partial charge in [-0.1, -0.05) is 38.5 Å². The molecule has 0 aromatic carbocycles. The summed E-state index contributed by atoms with van der Waals surface area (Å²) in [4.78, 5) is 17.5. The molecular weight excluding hydrogens is 544 g/mol. The number of ether oxygens (including phenoxy) is 3. The fourth-order valence-corrected chi connectivity index (χ4v) is 4.77. The van der Waals surface area contributed by atoms with Crippen molar-refractivity contribution in [2.24, 2.45) is 15.0 Å². The molecule has 2 aliphatic carbocycles. The molecule has 2 aliphatic rings. The molecule has 3 N–H and O–H groups in total. The van der Waals surface area contributed by atoms with Crippen molar-refractivity contribution in [1.82, 2.24) is 25.8 Å². The number of hydrogen-bond acceptors (Lipinski definition) is 8. The molecule has 0 atom stereocenters. The molecule has 2 saturated carbocycles.